The van der Waals surface area contributed by atoms with Crippen LogP contribution in [-0.4, -0.2) is 15.8 Å². The van der Waals surface area contributed by atoms with Crippen LogP contribution >= 0.6 is 0 Å². The van der Waals surface area contributed by atoms with Gasteiger partial charge in [-0.15, -0.1) is 0 Å². The highest BCUT2D eigenvalue weighted by Gasteiger charge is 2.17. The van der Waals surface area contributed by atoms with Crippen LogP contribution in [0.4, 0.5) is 0 Å². The maximum atomic E-state index is 11.6. The highest BCUT2D eigenvalue weighted by Crippen LogP contribution is 2.17. The number of nitrogens with one attached hydrogen (secondary N) is 1. The number of H-pyrrole nitrogens is 1. The molecule has 0 atom stereocenters. The van der Waals surface area contributed by atoms with Gasteiger partial charge in [-0.3, -0.25) is 4.79 Å². The van der Waals surface area contributed by atoms with E-state index in [-0.39, 0.29) is 11.7 Å². The Kier molecular flexibility index (Phi) is 2.23. The number of hydrogen-bond donors (Lipinski definition) is 1. The predicted molar refractivity (Wildman–Crippen MR) is 55.1 cm³/mol. The fourth-order valence-electron chi connectivity index (χ4n) is 1.56. The summed E-state index contributed by atoms with van der Waals surface area (Å²) in [7, 11) is 0. The lowest BCUT2D eigenvalue weighted by atomic mass is 10.1. The van der Waals surface area contributed by atoms with Crippen molar-refractivity contribution in [1.29, 1.82) is 0 Å². The van der Waals surface area contributed by atoms with E-state index < -0.39 is 0 Å². The van der Waals surface area contributed by atoms with Gasteiger partial charge in [-0.1, -0.05) is 19.9 Å². The third-order valence-electron chi connectivity index (χ3n) is 2.41. The van der Waals surface area contributed by atoms with Gasteiger partial charge in [-0.05, 0) is 18.9 Å². The van der Waals surface area contributed by atoms with Crippen molar-refractivity contribution in [2.24, 2.45) is 5.92 Å². The Morgan fingerprint density at radius 3 is 3.00 bits per heavy atom. The lowest BCUT2D eigenvalue weighted by Crippen LogP contribution is -2.09. The fourth-order valence-corrected chi connectivity index (χ4v) is 1.56. The molecule has 0 radical (unpaired) electrons. The van der Waals surface area contributed by atoms with Crippen LogP contribution in [-0.2, 0) is 6.42 Å². The zero-order valence-electron chi connectivity index (χ0n) is 8.50. The second kappa shape index (κ2) is 3.40. The molecule has 1 aliphatic rings. The molecule has 3 nitrogen and oxygen atoms in total. The average Bonchev–Trinajstić information content (AvgIpc) is 2.59. The maximum Gasteiger partial charge on any atom is 0.200 e. The number of ketones is 1. The highest BCUT2D eigenvalue weighted by molar-refractivity contribution is 5.94. The van der Waals surface area contributed by atoms with E-state index in [4.69, 9.17) is 0 Å². The van der Waals surface area contributed by atoms with Crippen LogP contribution in [0.2, 0.25) is 0 Å². The molecule has 0 aliphatic heterocycles. The summed E-state index contributed by atoms with van der Waals surface area (Å²) in [5.41, 5.74) is 2.02. The summed E-state index contributed by atoms with van der Waals surface area (Å²) < 4.78 is 0. The summed E-state index contributed by atoms with van der Waals surface area (Å²) in [6, 6.07) is 0. The van der Waals surface area contributed by atoms with Crippen molar-refractivity contribution >= 4 is 11.9 Å². The van der Waals surface area contributed by atoms with E-state index in [1.165, 1.54) is 0 Å². The molecule has 1 aromatic rings. The molecule has 1 heterocycles. The fraction of sp³-hybridized carbons (Fsp3) is 0.455. The summed E-state index contributed by atoms with van der Waals surface area (Å²) in [5.74, 6) is 0.607. The summed E-state index contributed by atoms with van der Waals surface area (Å²) in [4.78, 5) is 19.0. The Balaban J connectivity index is 2.34. The molecule has 0 spiro atoms. The van der Waals surface area contributed by atoms with Crippen LogP contribution in [0.5, 0.6) is 0 Å². The molecule has 14 heavy (non-hydrogen) atoms. The number of fused-ring (bicyclic) bond motifs is 1. The van der Waals surface area contributed by atoms with Crippen LogP contribution < -0.4 is 0 Å². The van der Waals surface area contributed by atoms with Crippen molar-refractivity contribution in [2.75, 3.05) is 0 Å². The number of aryl methyl sites for hydroxylation is 1. The molecule has 1 aromatic heterocycles. The first-order chi connectivity index (χ1) is 6.68. The van der Waals surface area contributed by atoms with Crippen molar-refractivity contribution < 1.29 is 4.79 Å². The minimum atomic E-state index is 0.00610. The van der Waals surface area contributed by atoms with Gasteiger partial charge in [0.1, 0.15) is 0 Å². The van der Waals surface area contributed by atoms with Gasteiger partial charge in [-0.2, -0.15) is 0 Å². The first kappa shape index (κ1) is 9.19. The molecule has 0 unspecified atom stereocenters. The van der Waals surface area contributed by atoms with E-state index in [0.29, 0.717) is 5.82 Å². The molecule has 1 aliphatic carbocycles. The molecule has 0 bridgehead atoms. The number of aromatic amines is 1. The van der Waals surface area contributed by atoms with Crippen molar-refractivity contribution in [1.82, 2.24) is 9.97 Å². The zero-order chi connectivity index (χ0) is 10.1. The van der Waals surface area contributed by atoms with E-state index in [1.54, 1.807) is 0 Å². The van der Waals surface area contributed by atoms with Crippen LogP contribution in [0.15, 0.2) is 6.08 Å². The van der Waals surface area contributed by atoms with Gasteiger partial charge in [0.05, 0.1) is 5.69 Å². The minimum absolute atomic E-state index is 0.00610. The zero-order valence-corrected chi connectivity index (χ0v) is 8.50. The van der Waals surface area contributed by atoms with Gasteiger partial charge in [-0.25, -0.2) is 4.98 Å². The lowest BCUT2D eigenvalue weighted by molar-refractivity contribution is 0.0929. The second-order valence-electron chi connectivity index (χ2n) is 3.91. The van der Waals surface area contributed by atoms with Gasteiger partial charge >= 0.3 is 0 Å². The largest absolute Gasteiger partial charge is 0.339 e. The van der Waals surface area contributed by atoms with Gasteiger partial charge in [0.2, 0.25) is 5.78 Å². The third-order valence-corrected chi connectivity index (χ3v) is 2.41. The van der Waals surface area contributed by atoms with Crippen molar-refractivity contribution in [2.45, 2.75) is 26.7 Å². The second-order valence-corrected chi connectivity index (χ2v) is 3.91. The summed E-state index contributed by atoms with van der Waals surface area (Å²) in [5, 5.41) is 0. The number of nitrogens with zero attached hydrogens (tertiary/aromatic N) is 1. The Bertz CT molecular complexity index is 388. The van der Waals surface area contributed by atoms with Crippen LogP contribution in [0.1, 0.15) is 42.3 Å². The normalized spacial score (nSPS) is 14.5. The van der Waals surface area contributed by atoms with Gasteiger partial charge in [0, 0.05) is 11.6 Å². The lowest BCUT2D eigenvalue weighted by Gasteiger charge is -2.00. The number of rotatable bonds is 2. The number of imidazole rings is 1. The standard InChI is InChI=1S/C11H14N2O/c1-7(2)10(14)11-12-8-5-3-4-6-9(8)13-11/h3,5,7H,4,6H2,1-2H3,(H,12,13). The van der Waals surface area contributed by atoms with Crippen molar-refractivity contribution in [3.05, 3.63) is 23.3 Å². The molecule has 0 aromatic carbocycles. The summed E-state index contributed by atoms with van der Waals surface area (Å²) in [6.07, 6.45) is 6.06. The van der Waals surface area contributed by atoms with E-state index in [9.17, 15) is 4.79 Å². The minimum Gasteiger partial charge on any atom is -0.339 e. The molecule has 0 fully saturated rings. The highest BCUT2D eigenvalue weighted by atomic mass is 16.1. The maximum absolute atomic E-state index is 11.6. The molecular formula is C11H14N2O. The van der Waals surface area contributed by atoms with Crippen LogP contribution in [0.25, 0.3) is 6.08 Å². The summed E-state index contributed by atoms with van der Waals surface area (Å²) in [6.45, 7) is 3.78. The van der Waals surface area contributed by atoms with Crippen LogP contribution in [0.3, 0.4) is 0 Å². The Hall–Kier alpha value is -1.38. The quantitative estimate of drug-likeness (QED) is 0.727. The van der Waals surface area contributed by atoms with Crippen LogP contribution in [0, 0.1) is 5.92 Å². The smallest absolute Gasteiger partial charge is 0.200 e. The van der Waals surface area contributed by atoms with Crippen molar-refractivity contribution in [3.63, 3.8) is 0 Å². The number of aromatic nitrogens is 2. The number of hydrogen-bond acceptors (Lipinski definition) is 2. The number of Topliss-reactive ketones (excluding diaryl/α,β-unsaturated/α-hetero) is 1. The number of carbonyl (C=O) groups excluding carboxylic acids is 1. The Morgan fingerprint density at radius 1 is 1.57 bits per heavy atom. The summed E-state index contributed by atoms with van der Waals surface area (Å²) >= 11 is 0. The predicted octanol–water partition coefficient (Wildman–Crippen LogP) is 2.21. The average molecular weight is 190 g/mol. The van der Waals surface area contributed by atoms with E-state index in [1.807, 2.05) is 19.9 Å². The SMILES string of the molecule is CC(C)C(=O)c1nc2c([nH]1)CCC=C2. The molecule has 1 N–H and O–H groups in total. The van der Waals surface area contributed by atoms with Gasteiger partial charge < -0.3 is 4.98 Å². The monoisotopic (exact) mass is 190 g/mol. The first-order valence-corrected chi connectivity index (χ1v) is 4.98. The Labute approximate surface area is 83.2 Å². The van der Waals surface area contributed by atoms with E-state index in [2.05, 4.69) is 16.0 Å². The van der Waals surface area contributed by atoms with E-state index >= 15 is 0 Å². The Morgan fingerprint density at radius 2 is 2.36 bits per heavy atom. The molecule has 3 heteroatoms. The number of carbonyl (C=O) groups is 1. The molecule has 2 rings (SSSR count). The van der Waals surface area contributed by atoms with Gasteiger partial charge in [0.25, 0.3) is 0 Å². The molecule has 0 amide bonds. The van der Waals surface area contributed by atoms with Crippen molar-refractivity contribution in [3.8, 4) is 0 Å². The first-order valence-electron chi connectivity index (χ1n) is 4.98. The molecular weight excluding hydrogens is 176 g/mol. The van der Waals surface area contributed by atoms with Gasteiger partial charge in [0.15, 0.2) is 5.82 Å². The third kappa shape index (κ3) is 1.50. The topological polar surface area (TPSA) is 45.8 Å². The molecule has 74 valence electrons. The number of allylic oxidation sites excluding steroid dienone is 1. The molecule has 0 saturated heterocycles. The molecule has 0 saturated carbocycles. The van der Waals surface area contributed by atoms with E-state index in [0.717, 1.165) is 24.2 Å².